The summed E-state index contributed by atoms with van der Waals surface area (Å²) < 4.78 is 0. The summed E-state index contributed by atoms with van der Waals surface area (Å²) in [5, 5.41) is 0. The van der Waals surface area contributed by atoms with E-state index in [1.807, 2.05) is 39.9 Å². The Morgan fingerprint density at radius 1 is 1.40 bits per heavy atom. The molecule has 3 heteroatoms. The van der Waals surface area contributed by atoms with E-state index in [1.54, 1.807) is 0 Å². The third-order valence-electron chi connectivity index (χ3n) is 3.02. The first-order valence-electron chi connectivity index (χ1n) is 5.92. The van der Waals surface area contributed by atoms with Gasteiger partial charge in [-0.3, -0.25) is 4.79 Å². The zero-order valence-corrected chi connectivity index (χ0v) is 11.1. The monoisotopic (exact) mass is 214 g/mol. The molecule has 1 aliphatic rings. The fraction of sp³-hybridized carbons (Fsp3) is 0.917. The smallest absolute Gasteiger partial charge is 0.229 e. The van der Waals surface area contributed by atoms with Crippen molar-refractivity contribution < 1.29 is 4.79 Å². The summed E-state index contributed by atoms with van der Waals surface area (Å²) >= 11 is 0. The molecule has 90 valence electrons. The van der Waals surface area contributed by atoms with Gasteiger partial charge in [-0.25, -0.2) is 0 Å². The van der Waals surface area contributed by atoms with Crippen LogP contribution in [0.15, 0.2) is 0 Å². The van der Waals surface area contributed by atoms with Gasteiger partial charge in [0.15, 0.2) is 0 Å². The second-order valence-electron chi connectivity index (χ2n) is 4.35. The maximum Gasteiger partial charge on any atom is 0.229 e. The molecule has 1 amide bonds. The lowest BCUT2D eigenvalue weighted by atomic mass is 9.83. The third kappa shape index (κ3) is 3.20. The lowest BCUT2D eigenvalue weighted by Crippen LogP contribution is -2.40. The van der Waals surface area contributed by atoms with Crippen LogP contribution in [0.2, 0.25) is 0 Å². The maximum absolute atomic E-state index is 11.9. The average molecular weight is 214 g/mol. The van der Waals surface area contributed by atoms with Crippen LogP contribution in [0.1, 0.15) is 33.6 Å². The molecule has 0 aromatic rings. The largest absolute Gasteiger partial charge is 0.345 e. The van der Waals surface area contributed by atoms with Crippen molar-refractivity contribution in [3.63, 3.8) is 0 Å². The minimum absolute atomic E-state index is 0.0990. The molecule has 0 aromatic heterocycles. The molecule has 0 radical (unpaired) electrons. The summed E-state index contributed by atoms with van der Waals surface area (Å²) in [6.45, 7) is 7.91. The Bertz CT molecular complexity index is 204. The van der Waals surface area contributed by atoms with E-state index >= 15 is 0 Å². The molecule has 1 unspecified atom stereocenters. The molecule has 1 saturated heterocycles. The molecule has 15 heavy (non-hydrogen) atoms. The zero-order chi connectivity index (χ0) is 12.1. The molecule has 1 aliphatic heterocycles. The van der Waals surface area contributed by atoms with E-state index in [1.165, 1.54) is 0 Å². The van der Waals surface area contributed by atoms with Gasteiger partial charge in [-0.1, -0.05) is 20.8 Å². The maximum atomic E-state index is 11.9. The van der Waals surface area contributed by atoms with Crippen LogP contribution < -0.4 is 0 Å². The van der Waals surface area contributed by atoms with E-state index in [0.717, 1.165) is 25.9 Å². The van der Waals surface area contributed by atoms with Crippen LogP contribution >= 0.6 is 0 Å². The van der Waals surface area contributed by atoms with E-state index in [9.17, 15) is 4.79 Å². The Kier molecular flexibility index (Phi) is 5.88. The first-order valence-corrected chi connectivity index (χ1v) is 5.92. The molecule has 1 heterocycles. The highest BCUT2D eigenvalue weighted by atomic mass is 16.2. The number of carbonyl (C=O) groups excluding carboxylic acids is 1. The van der Waals surface area contributed by atoms with E-state index in [4.69, 9.17) is 0 Å². The van der Waals surface area contributed by atoms with Crippen molar-refractivity contribution in [2.45, 2.75) is 33.6 Å². The molecule has 3 nitrogen and oxygen atoms in total. The van der Waals surface area contributed by atoms with Gasteiger partial charge in [0.25, 0.3) is 0 Å². The van der Waals surface area contributed by atoms with Crippen LogP contribution in [0.4, 0.5) is 0 Å². The fourth-order valence-corrected chi connectivity index (χ4v) is 2.19. The summed E-state index contributed by atoms with van der Waals surface area (Å²) in [6.07, 6.45) is 1.96. The lowest BCUT2D eigenvalue weighted by Gasteiger charge is -2.28. The lowest BCUT2D eigenvalue weighted by molar-refractivity contribution is -0.135. The van der Waals surface area contributed by atoms with Gasteiger partial charge in [-0.2, -0.15) is 0 Å². The molecule has 0 bridgehead atoms. The van der Waals surface area contributed by atoms with Gasteiger partial charge in [0.05, 0.1) is 5.41 Å². The SMILES string of the molecule is CC.CCC1(CN(C)C)CCN(C)C1=O. The molecule has 0 saturated carbocycles. The van der Waals surface area contributed by atoms with Crippen molar-refractivity contribution in [1.82, 2.24) is 9.80 Å². The Labute approximate surface area is 94.4 Å². The van der Waals surface area contributed by atoms with Crippen LogP contribution in [0.3, 0.4) is 0 Å². The Morgan fingerprint density at radius 3 is 2.20 bits per heavy atom. The van der Waals surface area contributed by atoms with Crippen LogP contribution in [0.25, 0.3) is 0 Å². The molecule has 0 aromatic carbocycles. The van der Waals surface area contributed by atoms with Gasteiger partial charge in [0, 0.05) is 20.1 Å². The number of hydrogen-bond donors (Lipinski definition) is 0. The van der Waals surface area contributed by atoms with Crippen molar-refractivity contribution in [2.75, 3.05) is 34.2 Å². The summed E-state index contributed by atoms with van der Waals surface area (Å²) in [5.41, 5.74) is -0.0990. The zero-order valence-electron chi connectivity index (χ0n) is 11.1. The van der Waals surface area contributed by atoms with Crippen molar-refractivity contribution >= 4 is 5.91 Å². The van der Waals surface area contributed by atoms with Gasteiger partial charge in [0.2, 0.25) is 5.91 Å². The van der Waals surface area contributed by atoms with Crippen molar-refractivity contribution in [2.24, 2.45) is 5.41 Å². The van der Waals surface area contributed by atoms with Gasteiger partial charge in [-0.05, 0) is 26.9 Å². The minimum Gasteiger partial charge on any atom is -0.345 e. The summed E-state index contributed by atoms with van der Waals surface area (Å²) in [5.74, 6) is 0.323. The highest BCUT2D eigenvalue weighted by Gasteiger charge is 2.43. The van der Waals surface area contributed by atoms with Crippen LogP contribution in [0, 0.1) is 5.41 Å². The highest BCUT2D eigenvalue weighted by Crippen LogP contribution is 2.34. The predicted molar refractivity (Wildman–Crippen MR) is 64.9 cm³/mol. The van der Waals surface area contributed by atoms with E-state index in [2.05, 4.69) is 11.8 Å². The second-order valence-corrected chi connectivity index (χ2v) is 4.35. The van der Waals surface area contributed by atoms with Gasteiger partial charge >= 0.3 is 0 Å². The van der Waals surface area contributed by atoms with Crippen LogP contribution in [0.5, 0.6) is 0 Å². The van der Waals surface area contributed by atoms with E-state index in [0.29, 0.717) is 5.91 Å². The van der Waals surface area contributed by atoms with Gasteiger partial charge in [0.1, 0.15) is 0 Å². The first-order chi connectivity index (χ1) is 7.02. The highest BCUT2D eigenvalue weighted by molar-refractivity contribution is 5.84. The topological polar surface area (TPSA) is 23.6 Å². The molecular formula is C12H26N2O. The Morgan fingerprint density at radius 2 is 1.93 bits per heavy atom. The summed E-state index contributed by atoms with van der Waals surface area (Å²) in [4.78, 5) is 15.9. The molecule has 0 spiro atoms. The number of carbonyl (C=O) groups is 1. The number of nitrogens with zero attached hydrogens (tertiary/aromatic N) is 2. The summed E-state index contributed by atoms with van der Waals surface area (Å²) in [6, 6.07) is 0. The molecule has 1 rings (SSSR count). The van der Waals surface area contributed by atoms with Crippen LogP contribution in [-0.4, -0.2) is 49.9 Å². The molecule has 0 N–H and O–H groups in total. The normalized spacial score (nSPS) is 25.5. The third-order valence-corrected chi connectivity index (χ3v) is 3.02. The number of amides is 1. The fourth-order valence-electron chi connectivity index (χ4n) is 2.19. The van der Waals surface area contributed by atoms with E-state index in [-0.39, 0.29) is 5.41 Å². The van der Waals surface area contributed by atoms with Crippen molar-refractivity contribution in [3.8, 4) is 0 Å². The summed E-state index contributed by atoms with van der Waals surface area (Å²) in [7, 11) is 5.96. The quantitative estimate of drug-likeness (QED) is 0.715. The second kappa shape index (κ2) is 6.11. The van der Waals surface area contributed by atoms with Crippen molar-refractivity contribution in [1.29, 1.82) is 0 Å². The van der Waals surface area contributed by atoms with E-state index < -0.39 is 0 Å². The van der Waals surface area contributed by atoms with Gasteiger partial charge in [-0.15, -0.1) is 0 Å². The number of likely N-dealkylation sites (tertiary alicyclic amines) is 1. The number of hydrogen-bond acceptors (Lipinski definition) is 2. The Hall–Kier alpha value is -0.570. The van der Waals surface area contributed by atoms with Crippen LogP contribution in [-0.2, 0) is 4.79 Å². The van der Waals surface area contributed by atoms with Gasteiger partial charge < -0.3 is 9.80 Å². The average Bonchev–Trinajstić information content (AvgIpc) is 2.49. The minimum atomic E-state index is -0.0990. The Balaban J connectivity index is 0.000000921. The van der Waals surface area contributed by atoms with Crippen molar-refractivity contribution in [3.05, 3.63) is 0 Å². The standard InChI is InChI=1S/C10H20N2O.C2H6/c1-5-10(8-11(2)3)6-7-12(4)9(10)13;1-2/h5-8H2,1-4H3;1-2H3. The molecule has 0 aliphatic carbocycles. The first kappa shape index (κ1) is 14.4. The molecule has 1 atom stereocenters. The number of rotatable bonds is 3. The molecule has 1 fully saturated rings. The molecular weight excluding hydrogens is 188 g/mol. The predicted octanol–water partition coefficient (Wildman–Crippen LogP) is 1.83.